The van der Waals surface area contributed by atoms with Crippen LogP contribution in [0.5, 0.6) is 0 Å². The Morgan fingerprint density at radius 2 is 2.10 bits per heavy atom. The van der Waals surface area contributed by atoms with Gasteiger partial charge >= 0.3 is 5.97 Å². The Hall–Kier alpha value is -0.790. The van der Waals surface area contributed by atoms with Crippen LogP contribution in [0.15, 0.2) is 12.7 Å². The molecule has 0 bridgehead atoms. The topological polar surface area (TPSA) is 26.3 Å². The van der Waals surface area contributed by atoms with Gasteiger partial charge in [0.15, 0.2) is 0 Å². The maximum atomic E-state index is 12.6. The summed E-state index contributed by atoms with van der Waals surface area (Å²) >= 11 is 0. The molecule has 2 saturated carbocycles. The van der Waals surface area contributed by atoms with Crippen molar-refractivity contribution in [2.75, 3.05) is 0 Å². The number of carbonyl (C=O) groups is 1. The second-order valence-corrected chi connectivity index (χ2v) is 7.40. The van der Waals surface area contributed by atoms with Crippen LogP contribution in [0.3, 0.4) is 0 Å². The van der Waals surface area contributed by atoms with Crippen LogP contribution >= 0.6 is 0 Å². The summed E-state index contributed by atoms with van der Waals surface area (Å²) in [6.07, 6.45) is 9.41. The zero-order chi connectivity index (χ0) is 14.8. The third-order valence-corrected chi connectivity index (χ3v) is 5.50. The van der Waals surface area contributed by atoms with Crippen molar-refractivity contribution in [1.82, 2.24) is 0 Å². The standard InChI is InChI=1S/C18H30O2/c1-5-9-18(10-6-11-18)17(19)20-16-12-14(4)7-8-15(16)13(2)3/h5,13-16H,1,6-12H2,2-4H3. The maximum Gasteiger partial charge on any atom is 0.312 e. The molecular weight excluding hydrogens is 248 g/mol. The van der Waals surface area contributed by atoms with Crippen LogP contribution in [0.4, 0.5) is 0 Å². The van der Waals surface area contributed by atoms with Gasteiger partial charge in [0.05, 0.1) is 5.41 Å². The average Bonchev–Trinajstić information content (AvgIpc) is 2.33. The van der Waals surface area contributed by atoms with Crippen molar-refractivity contribution in [3.8, 4) is 0 Å². The van der Waals surface area contributed by atoms with Gasteiger partial charge in [-0.05, 0) is 49.9 Å². The summed E-state index contributed by atoms with van der Waals surface area (Å²) in [4.78, 5) is 12.6. The number of hydrogen-bond donors (Lipinski definition) is 0. The molecule has 0 N–H and O–H groups in total. The number of allylic oxidation sites excluding steroid dienone is 1. The molecule has 2 aliphatic rings. The van der Waals surface area contributed by atoms with E-state index in [1.165, 1.54) is 12.8 Å². The third-order valence-electron chi connectivity index (χ3n) is 5.50. The molecule has 0 aliphatic heterocycles. The largest absolute Gasteiger partial charge is 0.462 e. The van der Waals surface area contributed by atoms with Crippen LogP contribution in [-0.2, 0) is 9.53 Å². The van der Waals surface area contributed by atoms with Crippen molar-refractivity contribution in [1.29, 1.82) is 0 Å². The molecule has 2 rings (SSSR count). The van der Waals surface area contributed by atoms with E-state index in [1.54, 1.807) is 0 Å². The summed E-state index contributed by atoms with van der Waals surface area (Å²) in [5.74, 6) is 1.86. The van der Waals surface area contributed by atoms with E-state index >= 15 is 0 Å². The molecule has 114 valence electrons. The van der Waals surface area contributed by atoms with E-state index in [0.717, 1.165) is 32.1 Å². The van der Waals surface area contributed by atoms with Crippen molar-refractivity contribution in [2.24, 2.45) is 23.2 Å². The van der Waals surface area contributed by atoms with Gasteiger partial charge in [-0.25, -0.2) is 0 Å². The van der Waals surface area contributed by atoms with E-state index in [4.69, 9.17) is 4.74 Å². The minimum Gasteiger partial charge on any atom is -0.462 e. The van der Waals surface area contributed by atoms with Crippen molar-refractivity contribution < 1.29 is 9.53 Å². The highest BCUT2D eigenvalue weighted by Gasteiger charge is 2.46. The Bertz CT molecular complexity index is 354. The Labute approximate surface area is 124 Å². The molecule has 3 unspecified atom stereocenters. The van der Waals surface area contributed by atoms with Crippen molar-refractivity contribution in [3.05, 3.63) is 12.7 Å². The van der Waals surface area contributed by atoms with E-state index in [2.05, 4.69) is 27.4 Å². The molecule has 0 aromatic rings. The Kier molecular flexibility index (Phi) is 4.93. The minimum absolute atomic E-state index is 0.0494. The molecular formula is C18H30O2. The number of carbonyl (C=O) groups excluding carboxylic acids is 1. The van der Waals surface area contributed by atoms with Crippen LogP contribution in [0.2, 0.25) is 0 Å². The lowest BCUT2D eigenvalue weighted by molar-refractivity contribution is -0.174. The summed E-state index contributed by atoms with van der Waals surface area (Å²) in [6, 6.07) is 0. The monoisotopic (exact) mass is 278 g/mol. The molecule has 0 spiro atoms. The van der Waals surface area contributed by atoms with Gasteiger partial charge in [0.1, 0.15) is 6.10 Å². The lowest BCUT2D eigenvalue weighted by Crippen LogP contribution is -2.44. The third kappa shape index (κ3) is 3.10. The first kappa shape index (κ1) is 15.6. The molecule has 20 heavy (non-hydrogen) atoms. The SMILES string of the molecule is C=CCC1(C(=O)OC2CC(C)CCC2C(C)C)CCC1. The molecule has 0 aromatic heterocycles. The van der Waals surface area contributed by atoms with E-state index in [9.17, 15) is 4.79 Å². The fourth-order valence-electron chi connectivity index (χ4n) is 3.88. The number of rotatable bonds is 5. The van der Waals surface area contributed by atoms with Gasteiger partial charge in [0, 0.05) is 0 Å². The molecule has 3 atom stereocenters. The van der Waals surface area contributed by atoms with E-state index in [1.807, 2.05) is 6.08 Å². The first-order valence-electron chi connectivity index (χ1n) is 8.30. The van der Waals surface area contributed by atoms with E-state index in [-0.39, 0.29) is 17.5 Å². The molecule has 0 heterocycles. The smallest absolute Gasteiger partial charge is 0.312 e. The Morgan fingerprint density at radius 1 is 1.40 bits per heavy atom. The van der Waals surface area contributed by atoms with Crippen molar-refractivity contribution in [3.63, 3.8) is 0 Å². The first-order chi connectivity index (χ1) is 9.48. The second kappa shape index (κ2) is 6.32. The molecule has 0 radical (unpaired) electrons. The van der Waals surface area contributed by atoms with Gasteiger partial charge in [-0.15, -0.1) is 6.58 Å². The summed E-state index contributed by atoms with van der Waals surface area (Å²) in [5.41, 5.74) is -0.232. The fourth-order valence-corrected chi connectivity index (χ4v) is 3.88. The van der Waals surface area contributed by atoms with Gasteiger partial charge in [-0.2, -0.15) is 0 Å². The predicted molar refractivity (Wildman–Crippen MR) is 82.3 cm³/mol. The highest BCUT2D eigenvalue weighted by Crippen LogP contribution is 2.46. The fraction of sp³-hybridized carbons (Fsp3) is 0.833. The lowest BCUT2D eigenvalue weighted by atomic mass is 9.66. The van der Waals surface area contributed by atoms with Crippen LogP contribution in [0.25, 0.3) is 0 Å². The van der Waals surface area contributed by atoms with Gasteiger partial charge < -0.3 is 4.74 Å². The molecule has 2 fully saturated rings. The van der Waals surface area contributed by atoms with Gasteiger partial charge in [-0.1, -0.05) is 39.7 Å². The number of esters is 1. The highest BCUT2D eigenvalue weighted by molar-refractivity contribution is 5.78. The van der Waals surface area contributed by atoms with Gasteiger partial charge in [-0.3, -0.25) is 4.79 Å². The van der Waals surface area contributed by atoms with E-state index < -0.39 is 0 Å². The summed E-state index contributed by atoms with van der Waals surface area (Å²) in [5, 5.41) is 0. The normalized spacial score (nSPS) is 32.5. The molecule has 0 aromatic carbocycles. The lowest BCUT2D eigenvalue weighted by Gasteiger charge is -2.42. The maximum absolute atomic E-state index is 12.6. The van der Waals surface area contributed by atoms with Crippen molar-refractivity contribution in [2.45, 2.75) is 71.8 Å². The first-order valence-corrected chi connectivity index (χ1v) is 8.30. The van der Waals surface area contributed by atoms with Crippen molar-refractivity contribution >= 4 is 5.97 Å². The summed E-state index contributed by atoms with van der Waals surface area (Å²) in [7, 11) is 0. The van der Waals surface area contributed by atoms with Crippen LogP contribution in [0, 0.1) is 23.2 Å². The minimum atomic E-state index is -0.232. The molecule has 2 heteroatoms. The molecule has 0 saturated heterocycles. The van der Waals surface area contributed by atoms with Gasteiger partial charge in [0.25, 0.3) is 0 Å². The molecule has 2 nitrogen and oxygen atoms in total. The zero-order valence-electron chi connectivity index (χ0n) is 13.4. The second-order valence-electron chi connectivity index (χ2n) is 7.40. The quantitative estimate of drug-likeness (QED) is 0.536. The summed E-state index contributed by atoms with van der Waals surface area (Å²) in [6.45, 7) is 10.6. The zero-order valence-corrected chi connectivity index (χ0v) is 13.4. The average molecular weight is 278 g/mol. The Morgan fingerprint density at radius 3 is 2.60 bits per heavy atom. The summed E-state index contributed by atoms with van der Waals surface area (Å²) < 4.78 is 6.01. The predicted octanol–water partition coefficient (Wildman–Crippen LogP) is 4.74. The number of ether oxygens (including phenoxy) is 1. The molecule has 0 amide bonds. The highest BCUT2D eigenvalue weighted by atomic mass is 16.5. The van der Waals surface area contributed by atoms with Crippen LogP contribution < -0.4 is 0 Å². The van der Waals surface area contributed by atoms with Crippen LogP contribution in [0.1, 0.15) is 65.7 Å². The molecule has 2 aliphatic carbocycles. The number of hydrogen-bond acceptors (Lipinski definition) is 2. The van der Waals surface area contributed by atoms with Crippen LogP contribution in [-0.4, -0.2) is 12.1 Å². The Balaban J connectivity index is 2.02. The van der Waals surface area contributed by atoms with Gasteiger partial charge in [0.2, 0.25) is 0 Å². The van der Waals surface area contributed by atoms with E-state index in [0.29, 0.717) is 17.8 Å².